The smallest absolute Gasteiger partial charge is 0.0897 e. The topological polar surface area (TPSA) is 46.0 Å². The van der Waals surface area contributed by atoms with Crippen molar-refractivity contribution in [3.63, 3.8) is 0 Å². The average Bonchev–Trinajstić information content (AvgIpc) is 2.42. The zero-order chi connectivity index (χ0) is 12.4. The van der Waals surface area contributed by atoms with Crippen molar-refractivity contribution >= 4 is 22.1 Å². The molecule has 3 nitrogen and oxygen atoms in total. The van der Waals surface area contributed by atoms with Crippen LogP contribution in [0.2, 0.25) is 0 Å². The first kappa shape index (κ1) is 11.1. The molecule has 90 valence electrons. The summed E-state index contributed by atoms with van der Waals surface area (Å²) in [6.07, 6.45) is 1.66. The number of fused-ring (bicyclic) bond motifs is 2. The second-order valence-electron chi connectivity index (χ2n) is 4.36. The van der Waals surface area contributed by atoms with Gasteiger partial charge in [-0.05, 0) is 42.7 Å². The highest BCUT2D eigenvalue weighted by Crippen LogP contribution is 2.17. The molecule has 1 heterocycles. The molecule has 0 spiro atoms. The Bertz CT molecular complexity index is 694. The number of aliphatic hydroxyl groups is 1. The molecule has 0 saturated carbocycles. The molecule has 18 heavy (non-hydrogen) atoms. The normalized spacial score (nSPS) is 11.2. The summed E-state index contributed by atoms with van der Waals surface area (Å²) < 4.78 is 0. The highest BCUT2D eigenvalue weighted by molar-refractivity contribution is 5.86. The molecule has 0 amide bonds. The lowest BCUT2D eigenvalue weighted by Crippen LogP contribution is -1.92. The third kappa shape index (κ3) is 2.05. The maximum absolute atomic E-state index is 8.85. The first-order valence-electron chi connectivity index (χ1n) is 6.13. The number of hydrogen-bond donors (Lipinski definition) is 1. The van der Waals surface area contributed by atoms with Gasteiger partial charge in [0.2, 0.25) is 0 Å². The van der Waals surface area contributed by atoms with Crippen molar-refractivity contribution in [1.29, 1.82) is 0 Å². The van der Waals surface area contributed by atoms with E-state index in [1.165, 1.54) is 5.56 Å². The minimum Gasteiger partial charge on any atom is -0.396 e. The van der Waals surface area contributed by atoms with Gasteiger partial charge in [-0.1, -0.05) is 18.2 Å². The Morgan fingerprint density at radius 3 is 2.22 bits per heavy atom. The summed E-state index contributed by atoms with van der Waals surface area (Å²) in [4.78, 5) is 9.21. The number of hydrogen-bond acceptors (Lipinski definition) is 3. The van der Waals surface area contributed by atoms with E-state index >= 15 is 0 Å². The summed E-state index contributed by atoms with van der Waals surface area (Å²) in [5.41, 5.74) is 4.88. The molecule has 2 aromatic carbocycles. The molecule has 3 rings (SSSR count). The van der Waals surface area contributed by atoms with Crippen LogP contribution in [0.15, 0.2) is 42.5 Å². The van der Waals surface area contributed by atoms with Gasteiger partial charge < -0.3 is 5.11 Å². The van der Waals surface area contributed by atoms with Crippen molar-refractivity contribution in [3.05, 3.63) is 48.0 Å². The van der Waals surface area contributed by atoms with Gasteiger partial charge >= 0.3 is 0 Å². The molecule has 1 N–H and O–H groups in total. The molecule has 0 radical (unpaired) electrons. The van der Waals surface area contributed by atoms with Crippen LogP contribution >= 0.6 is 0 Å². The number of nitrogens with zero attached hydrogens (tertiary/aromatic N) is 2. The van der Waals surface area contributed by atoms with Crippen molar-refractivity contribution in [1.82, 2.24) is 9.97 Å². The Balaban J connectivity index is 2.12. The first-order chi connectivity index (χ1) is 8.86. The number of aryl methyl sites for hydroxylation is 1. The van der Waals surface area contributed by atoms with Crippen LogP contribution in [0, 0.1) is 0 Å². The molecule has 3 aromatic rings. The van der Waals surface area contributed by atoms with Crippen molar-refractivity contribution in [2.75, 3.05) is 6.61 Å². The van der Waals surface area contributed by atoms with E-state index in [2.05, 4.69) is 22.1 Å². The standard InChI is InChI=1S/C15H14N2O/c18-9-3-4-11-7-8-14-15(10-11)17-13-6-2-1-5-12(13)16-14/h1-2,5-8,10,18H,3-4,9H2. The van der Waals surface area contributed by atoms with Crippen LogP contribution in [-0.4, -0.2) is 21.7 Å². The number of aromatic nitrogens is 2. The molecule has 0 aliphatic heterocycles. The Labute approximate surface area is 105 Å². The summed E-state index contributed by atoms with van der Waals surface area (Å²) in [5.74, 6) is 0. The number of benzene rings is 2. The highest BCUT2D eigenvalue weighted by Gasteiger charge is 2.02. The summed E-state index contributed by atoms with van der Waals surface area (Å²) in [6, 6.07) is 14.0. The quantitative estimate of drug-likeness (QED) is 0.714. The SMILES string of the molecule is OCCCc1ccc2nc3ccccc3nc2c1. The Hall–Kier alpha value is -2.00. The maximum atomic E-state index is 8.85. The minimum atomic E-state index is 0.224. The van der Waals surface area contributed by atoms with Crippen LogP contribution in [-0.2, 0) is 6.42 Å². The average molecular weight is 238 g/mol. The summed E-state index contributed by atoms with van der Waals surface area (Å²) in [5, 5.41) is 8.85. The molecule has 0 aliphatic rings. The van der Waals surface area contributed by atoms with Crippen LogP contribution in [0.1, 0.15) is 12.0 Å². The van der Waals surface area contributed by atoms with Gasteiger partial charge in [-0.25, -0.2) is 9.97 Å². The van der Waals surface area contributed by atoms with Crippen molar-refractivity contribution < 1.29 is 5.11 Å². The molecule has 1 aromatic heterocycles. The molecule has 0 saturated heterocycles. The number of rotatable bonds is 3. The lowest BCUT2D eigenvalue weighted by molar-refractivity contribution is 0.288. The molecule has 0 fully saturated rings. The zero-order valence-corrected chi connectivity index (χ0v) is 10.0. The van der Waals surface area contributed by atoms with Gasteiger partial charge in [0.05, 0.1) is 22.1 Å². The molecule has 0 atom stereocenters. The van der Waals surface area contributed by atoms with Gasteiger partial charge in [-0.3, -0.25) is 0 Å². The van der Waals surface area contributed by atoms with Crippen LogP contribution in [0.25, 0.3) is 22.1 Å². The molecular formula is C15H14N2O. The summed E-state index contributed by atoms with van der Waals surface area (Å²) >= 11 is 0. The molecule has 0 aliphatic carbocycles. The zero-order valence-electron chi connectivity index (χ0n) is 10.0. The van der Waals surface area contributed by atoms with Gasteiger partial charge in [0, 0.05) is 6.61 Å². The van der Waals surface area contributed by atoms with Gasteiger partial charge in [-0.15, -0.1) is 0 Å². The van der Waals surface area contributed by atoms with E-state index in [9.17, 15) is 0 Å². The molecule has 3 heteroatoms. The first-order valence-corrected chi connectivity index (χ1v) is 6.13. The summed E-state index contributed by atoms with van der Waals surface area (Å²) in [6.45, 7) is 0.224. The van der Waals surface area contributed by atoms with Crippen LogP contribution in [0.4, 0.5) is 0 Å². The second kappa shape index (κ2) is 4.70. The van der Waals surface area contributed by atoms with Gasteiger partial charge in [0.15, 0.2) is 0 Å². The van der Waals surface area contributed by atoms with E-state index in [4.69, 9.17) is 5.11 Å². The maximum Gasteiger partial charge on any atom is 0.0897 e. The van der Waals surface area contributed by atoms with Crippen LogP contribution in [0.5, 0.6) is 0 Å². The minimum absolute atomic E-state index is 0.224. The van der Waals surface area contributed by atoms with Crippen LogP contribution in [0.3, 0.4) is 0 Å². The van der Waals surface area contributed by atoms with Crippen molar-refractivity contribution in [2.45, 2.75) is 12.8 Å². The third-order valence-electron chi connectivity index (χ3n) is 3.03. The lowest BCUT2D eigenvalue weighted by Gasteiger charge is -2.03. The fraction of sp³-hybridized carbons (Fsp3) is 0.200. The van der Waals surface area contributed by atoms with E-state index in [1.54, 1.807) is 0 Å². The van der Waals surface area contributed by atoms with Crippen LogP contribution < -0.4 is 0 Å². The van der Waals surface area contributed by atoms with E-state index in [1.807, 2.05) is 30.3 Å². The van der Waals surface area contributed by atoms with Gasteiger partial charge in [0.25, 0.3) is 0 Å². The van der Waals surface area contributed by atoms with Gasteiger partial charge in [0.1, 0.15) is 0 Å². The monoisotopic (exact) mass is 238 g/mol. The Morgan fingerprint density at radius 1 is 0.833 bits per heavy atom. The molecular weight excluding hydrogens is 224 g/mol. The molecule has 0 bridgehead atoms. The van der Waals surface area contributed by atoms with Crippen molar-refractivity contribution in [3.8, 4) is 0 Å². The van der Waals surface area contributed by atoms with E-state index in [0.717, 1.165) is 34.9 Å². The fourth-order valence-corrected chi connectivity index (χ4v) is 2.10. The van der Waals surface area contributed by atoms with Gasteiger partial charge in [-0.2, -0.15) is 0 Å². The van der Waals surface area contributed by atoms with Crippen molar-refractivity contribution in [2.24, 2.45) is 0 Å². The highest BCUT2D eigenvalue weighted by atomic mass is 16.2. The number of para-hydroxylation sites is 2. The van der Waals surface area contributed by atoms with E-state index in [0.29, 0.717) is 0 Å². The van der Waals surface area contributed by atoms with E-state index < -0.39 is 0 Å². The predicted molar refractivity (Wildman–Crippen MR) is 72.5 cm³/mol. The second-order valence-corrected chi connectivity index (χ2v) is 4.36. The molecule has 0 unspecified atom stereocenters. The Kier molecular flexibility index (Phi) is 2.90. The largest absolute Gasteiger partial charge is 0.396 e. The Morgan fingerprint density at radius 2 is 1.50 bits per heavy atom. The number of aliphatic hydroxyl groups excluding tert-OH is 1. The summed E-state index contributed by atoms with van der Waals surface area (Å²) in [7, 11) is 0. The lowest BCUT2D eigenvalue weighted by atomic mass is 10.1. The third-order valence-corrected chi connectivity index (χ3v) is 3.03. The van der Waals surface area contributed by atoms with E-state index in [-0.39, 0.29) is 6.61 Å². The fourth-order valence-electron chi connectivity index (χ4n) is 2.10. The predicted octanol–water partition coefficient (Wildman–Crippen LogP) is 2.71.